The van der Waals surface area contributed by atoms with Gasteiger partial charge in [0.25, 0.3) is 0 Å². The van der Waals surface area contributed by atoms with Gasteiger partial charge in [0, 0.05) is 12.2 Å². The van der Waals surface area contributed by atoms with Crippen LogP contribution in [0, 0.1) is 76.4 Å². The molecule has 0 saturated heterocycles. The second-order valence-electron chi connectivity index (χ2n) is 25.7. The molecule has 0 aromatic rings. The molecular weight excluding hydrogens is 889 g/mol. The molecule has 0 atom stereocenters. The highest BCUT2D eigenvalue weighted by molar-refractivity contribution is 7.91. The molecule has 70 heavy (non-hydrogen) atoms. The van der Waals surface area contributed by atoms with Gasteiger partial charge in [-0.3, -0.25) is 14.4 Å². The van der Waals surface area contributed by atoms with Crippen molar-refractivity contribution in [2.75, 3.05) is 6.26 Å². The molecule has 0 aromatic heterocycles. The van der Waals surface area contributed by atoms with Gasteiger partial charge in [-0.25, -0.2) is 8.42 Å². The molecular formula is C62H136O7S. The summed E-state index contributed by atoms with van der Waals surface area (Å²) in [5, 5.41) is -0.229. The lowest BCUT2D eigenvalue weighted by Crippen LogP contribution is -2.26. The van der Waals surface area contributed by atoms with Crippen molar-refractivity contribution < 1.29 is 32.3 Å². The second-order valence-corrected chi connectivity index (χ2v) is 28.3. The van der Waals surface area contributed by atoms with Crippen LogP contribution in [-0.4, -0.2) is 49.4 Å². The van der Waals surface area contributed by atoms with Crippen molar-refractivity contribution in [3.05, 3.63) is 0 Å². The molecule has 2 rings (SSSR count). The number of ketones is 1. The molecule has 0 aromatic carbocycles. The summed E-state index contributed by atoms with van der Waals surface area (Å²) in [5.74, 6) is 8.50. The quantitative estimate of drug-likeness (QED) is 0.212. The topological polar surface area (TPSA) is 104 Å². The maximum absolute atomic E-state index is 10.9. The minimum atomic E-state index is -2.74. The number of carbonyl (C=O) groups excluding carboxylic acids is 3. The number of Topliss-reactive ketones (excluding diaryl/α,β-unsaturated/α-hetero) is 1. The van der Waals surface area contributed by atoms with E-state index in [4.69, 9.17) is 9.47 Å². The Balaban J connectivity index is -0.0000000845. The first-order valence-corrected chi connectivity index (χ1v) is 30.1. The van der Waals surface area contributed by atoms with Gasteiger partial charge in [-0.05, 0) is 127 Å². The molecule has 0 aliphatic heterocycles. The van der Waals surface area contributed by atoms with E-state index in [0.717, 1.165) is 53.3 Å². The summed E-state index contributed by atoms with van der Waals surface area (Å²) in [7, 11) is -2.74. The third-order valence-electron chi connectivity index (χ3n) is 10.9. The summed E-state index contributed by atoms with van der Waals surface area (Å²) in [6.07, 6.45) is 11.3. The maximum atomic E-state index is 10.9. The average Bonchev–Trinajstić information content (AvgIpc) is 3.97. The first kappa shape index (κ1) is 88.2. The van der Waals surface area contributed by atoms with Crippen LogP contribution < -0.4 is 0 Å². The van der Waals surface area contributed by atoms with Crippen LogP contribution in [0.25, 0.3) is 0 Å². The molecule has 2 aliphatic carbocycles. The zero-order chi connectivity index (χ0) is 58.7. The highest BCUT2D eigenvalue weighted by atomic mass is 32.2. The van der Waals surface area contributed by atoms with E-state index in [1.54, 1.807) is 20.8 Å². The Hall–Kier alpha value is -1.44. The smallest absolute Gasteiger partial charge is 0.308 e. The minimum absolute atomic E-state index is 0.00704. The third kappa shape index (κ3) is 96.1. The Bertz CT molecular complexity index is 1200. The van der Waals surface area contributed by atoms with Crippen molar-refractivity contribution in [2.45, 2.75) is 304 Å². The lowest BCUT2D eigenvalue weighted by molar-refractivity contribution is -0.158. The van der Waals surface area contributed by atoms with E-state index in [-0.39, 0.29) is 52.4 Å². The molecule has 432 valence electrons. The van der Waals surface area contributed by atoms with E-state index in [0.29, 0.717) is 5.41 Å². The van der Waals surface area contributed by atoms with E-state index < -0.39 is 9.84 Å². The van der Waals surface area contributed by atoms with E-state index >= 15 is 0 Å². The van der Waals surface area contributed by atoms with Crippen LogP contribution >= 0.6 is 0 Å². The molecule has 0 N–H and O–H groups in total. The second kappa shape index (κ2) is 51.1. The number of ether oxygens (including phenoxy) is 2. The van der Waals surface area contributed by atoms with Crippen molar-refractivity contribution in [2.24, 2.45) is 76.4 Å². The summed E-state index contributed by atoms with van der Waals surface area (Å²) < 4.78 is 30.6. The van der Waals surface area contributed by atoms with Gasteiger partial charge in [-0.15, -0.1) is 0 Å². The van der Waals surface area contributed by atoms with Gasteiger partial charge in [0.05, 0.1) is 23.2 Å². The average molecular weight is 1030 g/mol. The van der Waals surface area contributed by atoms with Crippen LogP contribution in [0.15, 0.2) is 0 Å². The number of hydrogen-bond donors (Lipinski definition) is 0. The molecule has 2 fully saturated rings. The zero-order valence-corrected chi connectivity index (χ0v) is 55.6. The van der Waals surface area contributed by atoms with Crippen LogP contribution in [0.4, 0.5) is 0 Å². The van der Waals surface area contributed by atoms with Crippen molar-refractivity contribution in [1.82, 2.24) is 0 Å². The lowest BCUT2D eigenvalue weighted by atomic mass is 9.78. The van der Waals surface area contributed by atoms with Crippen molar-refractivity contribution in [3.63, 3.8) is 0 Å². The number of sulfone groups is 1. The van der Waals surface area contributed by atoms with Crippen LogP contribution in [0.2, 0.25) is 0 Å². The normalized spacial score (nSPS) is 13.0. The van der Waals surface area contributed by atoms with Crippen molar-refractivity contribution in [1.29, 1.82) is 0 Å². The maximum Gasteiger partial charge on any atom is 0.308 e. The highest BCUT2D eigenvalue weighted by Gasteiger charge is 2.24. The van der Waals surface area contributed by atoms with E-state index in [1.807, 2.05) is 76.2 Å². The third-order valence-corrected chi connectivity index (χ3v) is 12.6. The van der Waals surface area contributed by atoms with Crippen LogP contribution in [0.3, 0.4) is 0 Å². The minimum Gasteiger partial charge on any atom is -0.463 e. The molecule has 0 bridgehead atoms. The number of rotatable bonds is 9. The van der Waals surface area contributed by atoms with Crippen LogP contribution in [0.5, 0.6) is 0 Å². The highest BCUT2D eigenvalue weighted by Crippen LogP contribution is 2.35. The predicted molar refractivity (Wildman–Crippen MR) is 318 cm³/mol. The fourth-order valence-corrected chi connectivity index (χ4v) is 2.66. The predicted octanol–water partition coefficient (Wildman–Crippen LogP) is 19.9. The monoisotopic (exact) mass is 1030 g/mol. The summed E-state index contributed by atoms with van der Waals surface area (Å²) in [6, 6.07) is 0. The van der Waals surface area contributed by atoms with Gasteiger partial charge in [-0.1, -0.05) is 219 Å². The van der Waals surface area contributed by atoms with Gasteiger partial charge in [0.15, 0.2) is 0 Å². The largest absolute Gasteiger partial charge is 0.463 e. The molecule has 0 unspecified atom stereocenters. The van der Waals surface area contributed by atoms with Gasteiger partial charge in [0.2, 0.25) is 0 Å². The van der Waals surface area contributed by atoms with Crippen LogP contribution in [0.1, 0.15) is 287 Å². The molecule has 7 nitrogen and oxygen atoms in total. The van der Waals surface area contributed by atoms with Crippen molar-refractivity contribution >= 4 is 27.6 Å². The molecule has 0 radical (unpaired) electrons. The van der Waals surface area contributed by atoms with E-state index in [9.17, 15) is 22.8 Å². The first-order chi connectivity index (χ1) is 31.1. The lowest BCUT2D eigenvalue weighted by Gasteiger charge is -2.28. The van der Waals surface area contributed by atoms with Gasteiger partial charge < -0.3 is 9.47 Å². The number of esters is 2. The Morgan fingerprint density at radius 2 is 0.771 bits per heavy atom. The Kier molecular flexibility index (Phi) is 64.4. The molecule has 2 saturated carbocycles. The Labute approximate surface area is 444 Å². The fraction of sp³-hybridized carbons (Fsp3) is 0.952. The van der Waals surface area contributed by atoms with E-state index in [2.05, 4.69) is 145 Å². The summed E-state index contributed by atoms with van der Waals surface area (Å²) in [6.45, 7) is 72.2. The summed E-state index contributed by atoms with van der Waals surface area (Å²) in [4.78, 5) is 31.8. The first-order valence-electron chi connectivity index (χ1n) is 28.2. The van der Waals surface area contributed by atoms with Gasteiger partial charge >= 0.3 is 11.9 Å². The molecule has 2 aliphatic rings. The number of carbonyl (C=O) groups is 3. The Morgan fingerprint density at radius 3 is 0.800 bits per heavy atom. The standard InChI is InChI=1S/C8H16O2.C7H14O2.C7H14.C7H16.C6H12.C6H14.C5H10O.C5H12.C4H10O2S.C4H10.C3H8/c1-6(2)7(9)10-8(3,4)5;1-5(2)7(8)9-6(3)4;1-6(2)7-4-3-5-7;1-6(2)7(3,4)5;1-5(2)6-3-4-6;1-5(2)6(3)4;1-4(2)5(3)6;1-4-5(2)3;1-4(2)7(3,5)6;1-4(2)3;1-3-2/h6H,1-5H3;5-6H,1-4H3;6-7H,3-5H2,1-2H3;6H,1-5H3;5-6H,3-4H2,1-2H3;5-6H,1-4H3;4H,1-3H3;5H,4H2,1-3H3;4H,1-3H3;4H,1-3H3;3H2,1-2H3. The molecule has 0 amide bonds. The Morgan fingerprint density at radius 1 is 0.529 bits per heavy atom. The zero-order valence-electron chi connectivity index (χ0n) is 54.8. The van der Waals surface area contributed by atoms with Gasteiger partial charge in [-0.2, -0.15) is 0 Å². The summed E-state index contributed by atoms with van der Waals surface area (Å²) >= 11 is 0. The van der Waals surface area contributed by atoms with E-state index in [1.165, 1.54) is 51.2 Å². The number of hydrogen-bond acceptors (Lipinski definition) is 7. The SMILES string of the molecule is CC(=O)C(C)C.CC(C)C.CC(C)C(=O)OC(C)(C)C.CC(C)C(C)(C)C.CC(C)C(C)C.CC(C)C1CC1.CC(C)C1CCC1.CC(C)OC(=O)C(C)C.CC(C)S(C)(=O)=O.CCC.CCC(C)C. The van der Waals surface area contributed by atoms with Gasteiger partial charge in [0.1, 0.15) is 21.2 Å². The molecule has 0 spiro atoms. The summed E-state index contributed by atoms with van der Waals surface area (Å²) in [5.41, 5.74) is 0.154. The van der Waals surface area contributed by atoms with Crippen molar-refractivity contribution in [3.8, 4) is 0 Å². The molecule has 0 heterocycles. The molecule has 8 heteroatoms. The van der Waals surface area contributed by atoms with Crippen LogP contribution in [-0.2, 0) is 33.7 Å². The fourth-order valence-electron chi connectivity index (χ4n) is 2.66.